The molecule has 0 saturated heterocycles. The van der Waals surface area contributed by atoms with Gasteiger partial charge in [-0.1, -0.05) is 0 Å². The smallest absolute Gasteiger partial charge is 0.234 e. The Morgan fingerprint density at radius 3 is 2.71 bits per heavy atom. The molecule has 17 heavy (non-hydrogen) atoms. The minimum atomic E-state index is 0.0229. The summed E-state index contributed by atoms with van der Waals surface area (Å²) >= 11 is 0. The topological polar surface area (TPSA) is 59.6 Å². The fourth-order valence-corrected chi connectivity index (χ4v) is 2.07. The van der Waals surface area contributed by atoms with E-state index in [-0.39, 0.29) is 30.2 Å². The summed E-state index contributed by atoms with van der Waals surface area (Å²) < 4.78 is 10.9. The molecule has 1 amide bonds. The third-order valence-corrected chi connectivity index (χ3v) is 2.88. The first-order valence-corrected chi connectivity index (χ1v) is 6.25. The zero-order chi connectivity index (χ0) is 12.8. The predicted octanol–water partition coefficient (Wildman–Crippen LogP) is 0.293. The van der Waals surface area contributed by atoms with Gasteiger partial charge in [-0.05, 0) is 27.2 Å². The molecule has 1 aliphatic carbocycles. The molecule has 0 aromatic heterocycles. The van der Waals surface area contributed by atoms with Crippen molar-refractivity contribution in [3.05, 3.63) is 0 Å². The van der Waals surface area contributed by atoms with E-state index in [9.17, 15) is 4.79 Å². The number of methoxy groups -OCH3 is 1. The van der Waals surface area contributed by atoms with Crippen LogP contribution < -0.4 is 10.6 Å². The van der Waals surface area contributed by atoms with Crippen molar-refractivity contribution in [1.82, 2.24) is 10.6 Å². The minimum absolute atomic E-state index is 0.0229. The Kier molecular flexibility index (Phi) is 5.88. The molecule has 100 valence electrons. The van der Waals surface area contributed by atoms with Gasteiger partial charge in [-0.25, -0.2) is 0 Å². The zero-order valence-electron chi connectivity index (χ0n) is 11.2. The highest BCUT2D eigenvalue weighted by Gasteiger charge is 2.41. The molecule has 5 nitrogen and oxygen atoms in total. The van der Waals surface area contributed by atoms with Gasteiger partial charge in [0, 0.05) is 25.8 Å². The third-order valence-electron chi connectivity index (χ3n) is 2.88. The lowest BCUT2D eigenvalue weighted by Crippen LogP contribution is -2.61. The van der Waals surface area contributed by atoms with Crippen LogP contribution in [-0.2, 0) is 14.3 Å². The molecule has 0 heterocycles. The van der Waals surface area contributed by atoms with Crippen LogP contribution in [0.1, 0.15) is 27.2 Å². The quantitative estimate of drug-likeness (QED) is 0.676. The zero-order valence-corrected chi connectivity index (χ0v) is 11.2. The van der Waals surface area contributed by atoms with E-state index in [1.165, 1.54) is 0 Å². The summed E-state index contributed by atoms with van der Waals surface area (Å²) in [5.41, 5.74) is 0. The Labute approximate surface area is 103 Å². The van der Waals surface area contributed by atoms with Crippen LogP contribution in [0.2, 0.25) is 0 Å². The second kappa shape index (κ2) is 6.93. The first-order chi connectivity index (χ1) is 8.08. The number of hydrogen-bond donors (Lipinski definition) is 2. The maximum absolute atomic E-state index is 11.5. The molecule has 5 heteroatoms. The van der Waals surface area contributed by atoms with Crippen LogP contribution in [0, 0.1) is 0 Å². The summed E-state index contributed by atoms with van der Waals surface area (Å²) in [6.07, 6.45) is 1.12. The molecule has 0 spiro atoms. The van der Waals surface area contributed by atoms with Gasteiger partial charge in [0.25, 0.3) is 0 Å². The lowest BCUT2D eigenvalue weighted by molar-refractivity contribution is -0.135. The molecule has 1 aliphatic rings. The number of carbonyl (C=O) groups is 1. The van der Waals surface area contributed by atoms with Crippen LogP contribution >= 0.6 is 0 Å². The van der Waals surface area contributed by atoms with Crippen molar-refractivity contribution in [1.29, 1.82) is 0 Å². The average molecular weight is 244 g/mol. The van der Waals surface area contributed by atoms with Crippen LogP contribution in [0.25, 0.3) is 0 Å². The number of ether oxygens (including phenoxy) is 2. The van der Waals surface area contributed by atoms with E-state index in [0.717, 1.165) is 6.42 Å². The highest BCUT2D eigenvalue weighted by molar-refractivity contribution is 5.78. The highest BCUT2D eigenvalue weighted by atomic mass is 16.5. The molecule has 0 aromatic carbocycles. The Hall–Kier alpha value is -0.650. The second-order valence-corrected chi connectivity index (χ2v) is 4.64. The van der Waals surface area contributed by atoms with Gasteiger partial charge in [0.05, 0.1) is 18.8 Å². The summed E-state index contributed by atoms with van der Waals surface area (Å²) in [5, 5.41) is 6.04. The van der Waals surface area contributed by atoms with E-state index in [0.29, 0.717) is 13.2 Å². The SMILES string of the molecule is CCOC1CC(NCC(=O)NC(C)C)C1OC. The van der Waals surface area contributed by atoms with Crippen molar-refractivity contribution >= 4 is 5.91 Å². The van der Waals surface area contributed by atoms with Gasteiger partial charge in [0.15, 0.2) is 0 Å². The third kappa shape index (κ3) is 4.26. The summed E-state index contributed by atoms with van der Waals surface area (Å²) in [6, 6.07) is 0.398. The van der Waals surface area contributed by atoms with Gasteiger partial charge in [-0.3, -0.25) is 4.79 Å². The molecule has 0 radical (unpaired) electrons. The lowest BCUT2D eigenvalue weighted by atomic mass is 9.85. The minimum Gasteiger partial charge on any atom is -0.377 e. The number of rotatable bonds is 7. The maximum atomic E-state index is 11.5. The monoisotopic (exact) mass is 244 g/mol. The van der Waals surface area contributed by atoms with Crippen LogP contribution in [0.15, 0.2) is 0 Å². The summed E-state index contributed by atoms with van der Waals surface area (Å²) in [5.74, 6) is 0.0229. The first kappa shape index (κ1) is 14.4. The maximum Gasteiger partial charge on any atom is 0.234 e. The average Bonchev–Trinajstić information content (AvgIpc) is 2.21. The molecular formula is C12H24N2O3. The Bertz CT molecular complexity index is 246. The largest absolute Gasteiger partial charge is 0.377 e. The molecular weight excluding hydrogens is 220 g/mol. The highest BCUT2D eigenvalue weighted by Crippen LogP contribution is 2.26. The van der Waals surface area contributed by atoms with Crippen molar-refractivity contribution in [2.75, 3.05) is 20.3 Å². The van der Waals surface area contributed by atoms with Crippen molar-refractivity contribution in [2.45, 2.75) is 51.5 Å². The van der Waals surface area contributed by atoms with E-state index < -0.39 is 0 Å². The fourth-order valence-electron chi connectivity index (χ4n) is 2.07. The van der Waals surface area contributed by atoms with E-state index in [2.05, 4.69) is 10.6 Å². The Morgan fingerprint density at radius 1 is 1.47 bits per heavy atom. The molecule has 3 unspecified atom stereocenters. The van der Waals surface area contributed by atoms with E-state index >= 15 is 0 Å². The molecule has 3 atom stereocenters. The van der Waals surface area contributed by atoms with Crippen LogP contribution in [-0.4, -0.2) is 50.5 Å². The molecule has 1 rings (SSSR count). The first-order valence-electron chi connectivity index (χ1n) is 6.25. The van der Waals surface area contributed by atoms with Gasteiger partial charge in [0.1, 0.15) is 0 Å². The van der Waals surface area contributed by atoms with E-state index in [1.54, 1.807) is 7.11 Å². The van der Waals surface area contributed by atoms with Gasteiger partial charge in [0.2, 0.25) is 5.91 Å². The standard InChI is InChI=1S/C12H24N2O3/c1-5-17-10-6-9(12(10)16-4)13-7-11(15)14-8(2)3/h8-10,12-13H,5-7H2,1-4H3,(H,14,15). The molecule has 0 bridgehead atoms. The van der Waals surface area contributed by atoms with Gasteiger partial charge in [-0.15, -0.1) is 0 Å². The Morgan fingerprint density at radius 2 is 2.18 bits per heavy atom. The van der Waals surface area contributed by atoms with Gasteiger partial charge >= 0.3 is 0 Å². The predicted molar refractivity (Wildman–Crippen MR) is 65.9 cm³/mol. The van der Waals surface area contributed by atoms with Crippen LogP contribution in [0.3, 0.4) is 0 Å². The van der Waals surface area contributed by atoms with Crippen molar-refractivity contribution in [3.63, 3.8) is 0 Å². The number of nitrogens with one attached hydrogen (secondary N) is 2. The number of carbonyl (C=O) groups excluding carboxylic acids is 1. The molecule has 1 fully saturated rings. The van der Waals surface area contributed by atoms with Crippen LogP contribution in [0.5, 0.6) is 0 Å². The fraction of sp³-hybridized carbons (Fsp3) is 0.917. The van der Waals surface area contributed by atoms with E-state index in [4.69, 9.17) is 9.47 Å². The van der Waals surface area contributed by atoms with E-state index in [1.807, 2.05) is 20.8 Å². The number of hydrogen-bond acceptors (Lipinski definition) is 4. The molecule has 1 saturated carbocycles. The Balaban J connectivity index is 2.22. The lowest BCUT2D eigenvalue weighted by Gasteiger charge is -2.43. The van der Waals surface area contributed by atoms with Crippen molar-refractivity contribution in [3.8, 4) is 0 Å². The van der Waals surface area contributed by atoms with Gasteiger partial charge < -0.3 is 20.1 Å². The summed E-state index contributed by atoms with van der Waals surface area (Å²) in [6.45, 7) is 6.91. The van der Waals surface area contributed by atoms with Gasteiger partial charge in [-0.2, -0.15) is 0 Å². The van der Waals surface area contributed by atoms with Crippen molar-refractivity contribution in [2.24, 2.45) is 0 Å². The van der Waals surface area contributed by atoms with Crippen LogP contribution in [0.4, 0.5) is 0 Å². The molecule has 0 aliphatic heterocycles. The van der Waals surface area contributed by atoms with Crippen molar-refractivity contribution < 1.29 is 14.3 Å². The summed E-state index contributed by atoms with van der Waals surface area (Å²) in [4.78, 5) is 11.5. The molecule has 2 N–H and O–H groups in total. The normalized spacial score (nSPS) is 27.9. The molecule has 0 aromatic rings. The summed E-state index contributed by atoms with van der Waals surface area (Å²) in [7, 11) is 1.68. The number of amides is 1. The second-order valence-electron chi connectivity index (χ2n) is 4.64.